The van der Waals surface area contributed by atoms with Crippen LogP contribution < -0.4 is 4.74 Å². The van der Waals surface area contributed by atoms with E-state index in [1.54, 1.807) is 36.3 Å². The number of Topliss-reactive ketones (excluding diaryl/α,β-unsaturated/α-hetero) is 1. The van der Waals surface area contributed by atoms with Crippen molar-refractivity contribution in [2.45, 2.75) is 70.9 Å². The van der Waals surface area contributed by atoms with Gasteiger partial charge in [0.2, 0.25) is 0 Å². The Balaban J connectivity index is 1.92. The molecule has 0 radical (unpaired) electrons. The van der Waals surface area contributed by atoms with Gasteiger partial charge in [-0.15, -0.1) is 0 Å². The molecule has 4 rings (SSSR count). The van der Waals surface area contributed by atoms with Crippen LogP contribution >= 0.6 is 0 Å². The number of rotatable bonds is 5. The predicted octanol–water partition coefficient (Wildman–Crippen LogP) is 5.59. The van der Waals surface area contributed by atoms with Gasteiger partial charge >= 0.3 is 0 Å². The smallest absolute Gasteiger partial charge is 0.295 e. The van der Waals surface area contributed by atoms with E-state index in [0.29, 0.717) is 11.1 Å². The van der Waals surface area contributed by atoms with Crippen LogP contribution in [0.4, 0.5) is 0 Å². The number of aliphatic hydroxyl groups is 1. The first-order chi connectivity index (χ1) is 16.2. The molecular weight excluding hydrogens is 430 g/mol. The molecule has 2 aliphatic rings. The van der Waals surface area contributed by atoms with Gasteiger partial charge in [0.15, 0.2) is 0 Å². The molecule has 0 bridgehead atoms. The van der Waals surface area contributed by atoms with E-state index in [4.69, 9.17) is 4.74 Å². The minimum Gasteiger partial charge on any atom is -0.508 e. The Hall–Kier alpha value is -3.28. The molecular formula is C28H33NO5. The Bertz CT molecular complexity index is 1130. The molecule has 1 saturated heterocycles. The highest BCUT2D eigenvalue weighted by Crippen LogP contribution is 2.44. The summed E-state index contributed by atoms with van der Waals surface area (Å²) in [5, 5.41) is 21.4. The highest BCUT2D eigenvalue weighted by Gasteiger charge is 2.49. The monoisotopic (exact) mass is 463 g/mol. The highest BCUT2D eigenvalue weighted by atomic mass is 16.5. The molecule has 2 fully saturated rings. The van der Waals surface area contributed by atoms with Crippen molar-refractivity contribution in [1.82, 2.24) is 4.90 Å². The number of likely N-dealkylation sites (tertiary alicyclic amines) is 1. The molecule has 1 unspecified atom stereocenters. The molecule has 1 aliphatic heterocycles. The molecule has 6 heteroatoms. The zero-order valence-corrected chi connectivity index (χ0v) is 20.3. The molecule has 2 aromatic rings. The van der Waals surface area contributed by atoms with Crippen LogP contribution in [0, 0.1) is 6.92 Å². The quantitative estimate of drug-likeness (QED) is 0.343. The first kappa shape index (κ1) is 23.9. The number of aryl methyl sites for hydroxylation is 1. The zero-order valence-electron chi connectivity index (χ0n) is 20.3. The number of nitrogens with zero attached hydrogens (tertiary/aromatic N) is 1. The number of hydrogen-bond acceptors (Lipinski definition) is 5. The fourth-order valence-corrected chi connectivity index (χ4v) is 5.30. The number of carbonyl (C=O) groups is 2. The molecule has 2 aromatic carbocycles. The van der Waals surface area contributed by atoms with Gasteiger partial charge in [-0.05, 0) is 66.6 Å². The molecule has 34 heavy (non-hydrogen) atoms. The molecule has 1 heterocycles. The van der Waals surface area contributed by atoms with E-state index < -0.39 is 17.7 Å². The van der Waals surface area contributed by atoms with Crippen LogP contribution in [0.5, 0.6) is 11.5 Å². The van der Waals surface area contributed by atoms with Crippen LogP contribution in [0.1, 0.15) is 80.2 Å². The van der Waals surface area contributed by atoms with Gasteiger partial charge in [0.05, 0.1) is 18.7 Å². The van der Waals surface area contributed by atoms with Crippen molar-refractivity contribution in [1.29, 1.82) is 0 Å². The number of amides is 1. The summed E-state index contributed by atoms with van der Waals surface area (Å²) in [6.07, 6.45) is 4.80. The Morgan fingerprint density at radius 1 is 1.06 bits per heavy atom. The standard InChI is InChI=1S/C28H33NO5/c1-16(2)21-15-22(17(3)14-23(21)34-4)26(31)24-25(18-10-12-20(30)13-11-18)29(28(33)27(24)32)19-8-6-5-7-9-19/h10-16,19,25,30-31H,5-9H2,1-4H3/b26-24+. The number of carbonyl (C=O) groups excluding carboxylic acids is 2. The lowest BCUT2D eigenvalue weighted by molar-refractivity contribution is -0.141. The zero-order chi connectivity index (χ0) is 24.6. The lowest BCUT2D eigenvalue weighted by atomic mass is 9.89. The summed E-state index contributed by atoms with van der Waals surface area (Å²) in [6, 6.07) is 9.49. The number of phenolic OH excluding ortho intramolecular Hbond substituents is 1. The second-order valence-corrected chi connectivity index (χ2v) is 9.65. The third-order valence-electron chi connectivity index (χ3n) is 7.11. The average Bonchev–Trinajstić information content (AvgIpc) is 3.09. The Morgan fingerprint density at radius 2 is 1.71 bits per heavy atom. The molecule has 2 N–H and O–H groups in total. The van der Waals surface area contributed by atoms with Crippen LogP contribution in [-0.2, 0) is 9.59 Å². The van der Waals surface area contributed by atoms with E-state index in [-0.39, 0.29) is 29.0 Å². The first-order valence-corrected chi connectivity index (χ1v) is 12.0. The molecule has 1 saturated carbocycles. The van der Waals surface area contributed by atoms with Crippen LogP contribution in [-0.4, -0.2) is 40.0 Å². The summed E-state index contributed by atoms with van der Waals surface area (Å²) in [5.74, 6) is -0.437. The van der Waals surface area contributed by atoms with Gasteiger partial charge in [0.25, 0.3) is 11.7 Å². The van der Waals surface area contributed by atoms with E-state index in [0.717, 1.165) is 49.0 Å². The van der Waals surface area contributed by atoms with Gasteiger partial charge in [-0.1, -0.05) is 45.2 Å². The average molecular weight is 464 g/mol. The number of phenols is 1. The van der Waals surface area contributed by atoms with Crippen LogP contribution in [0.3, 0.4) is 0 Å². The summed E-state index contributed by atoms with van der Waals surface area (Å²) in [6.45, 7) is 5.93. The maximum atomic E-state index is 13.4. The van der Waals surface area contributed by atoms with Crippen LogP contribution in [0.15, 0.2) is 42.0 Å². The van der Waals surface area contributed by atoms with Crippen molar-refractivity contribution < 1.29 is 24.5 Å². The summed E-state index contributed by atoms with van der Waals surface area (Å²) in [5.41, 5.74) is 2.99. The number of benzene rings is 2. The van der Waals surface area contributed by atoms with Crippen LogP contribution in [0.2, 0.25) is 0 Å². The molecule has 1 atom stereocenters. The summed E-state index contributed by atoms with van der Waals surface area (Å²) in [4.78, 5) is 28.4. The van der Waals surface area contributed by atoms with Gasteiger partial charge in [0, 0.05) is 11.6 Å². The number of ether oxygens (including phenoxy) is 1. The minimum atomic E-state index is -0.701. The fraction of sp³-hybridized carbons (Fsp3) is 0.429. The third-order valence-corrected chi connectivity index (χ3v) is 7.11. The number of hydrogen-bond donors (Lipinski definition) is 2. The SMILES string of the molecule is COc1cc(C)c(/C(O)=C2\C(=O)C(=O)N(C3CCCCC3)C2c2ccc(O)cc2)cc1C(C)C. The molecule has 1 aliphatic carbocycles. The minimum absolute atomic E-state index is 0.0579. The summed E-state index contributed by atoms with van der Waals surface area (Å²) < 4.78 is 5.53. The van der Waals surface area contributed by atoms with Crippen molar-refractivity contribution in [3.63, 3.8) is 0 Å². The second kappa shape index (κ2) is 9.53. The lowest BCUT2D eigenvalue weighted by Crippen LogP contribution is -2.40. The molecule has 6 nitrogen and oxygen atoms in total. The maximum Gasteiger partial charge on any atom is 0.295 e. The van der Waals surface area contributed by atoms with Gasteiger partial charge in [-0.25, -0.2) is 0 Å². The highest BCUT2D eigenvalue weighted by molar-refractivity contribution is 6.46. The summed E-state index contributed by atoms with van der Waals surface area (Å²) >= 11 is 0. The van der Waals surface area contributed by atoms with E-state index in [1.807, 2.05) is 32.9 Å². The van der Waals surface area contributed by atoms with Crippen LogP contribution in [0.25, 0.3) is 5.76 Å². The van der Waals surface area contributed by atoms with Gasteiger partial charge in [-0.3, -0.25) is 9.59 Å². The van der Waals surface area contributed by atoms with Crippen molar-refractivity contribution >= 4 is 17.4 Å². The second-order valence-electron chi connectivity index (χ2n) is 9.65. The van der Waals surface area contributed by atoms with Gasteiger partial charge in [0.1, 0.15) is 17.3 Å². The molecule has 0 aromatic heterocycles. The largest absolute Gasteiger partial charge is 0.508 e. The fourth-order valence-electron chi connectivity index (χ4n) is 5.30. The number of aliphatic hydroxyl groups excluding tert-OH is 1. The number of methoxy groups -OCH3 is 1. The summed E-state index contributed by atoms with van der Waals surface area (Å²) in [7, 11) is 1.61. The van der Waals surface area contributed by atoms with E-state index in [2.05, 4.69) is 0 Å². The Kier molecular flexibility index (Phi) is 6.69. The van der Waals surface area contributed by atoms with Gasteiger partial charge in [-0.2, -0.15) is 0 Å². The van der Waals surface area contributed by atoms with Crippen molar-refractivity contribution in [3.8, 4) is 11.5 Å². The molecule has 1 amide bonds. The van der Waals surface area contributed by atoms with E-state index >= 15 is 0 Å². The van der Waals surface area contributed by atoms with E-state index in [1.165, 1.54) is 0 Å². The predicted molar refractivity (Wildman–Crippen MR) is 131 cm³/mol. The third kappa shape index (κ3) is 4.17. The Labute approximate surface area is 200 Å². The molecule has 0 spiro atoms. The van der Waals surface area contributed by atoms with E-state index in [9.17, 15) is 19.8 Å². The lowest BCUT2D eigenvalue weighted by Gasteiger charge is -2.35. The number of aromatic hydroxyl groups is 1. The topological polar surface area (TPSA) is 87.1 Å². The van der Waals surface area contributed by atoms with Crippen molar-refractivity contribution in [2.75, 3.05) is 7.11 Å². The normalized spacial score (nSPS) is 20.9. The number of ketones is 1. The Morgan fingerprint density at radius 3 is 2.29 bits per heavy atom. The van der Waals surface area contributed by atoms with Crippen molar-refractivity contribution in [3.05, 3.63) is 64.2 Å². The first-order valence-electron chi connectivity index (χ1n) is 12.0. The van der Waals surface area contributed by atoms with Crippen molar-refractivity contribution in [2.24, 2.45) is 0 Å². The maximum absolute atomic E-state index is 13.4. The van der Waals surface area contributed by atoms with Gasteiger partial charge < -0.3 is 19.8 Å². The molecule has 180 valence electrons.